The fraction of sp³-hybridized carbons (Fsp3) is 0.700. The Morgan fingerprint density at radius 1 is 1.44 bits per heavy atom. The van der Waals surface area contributed by atoms with Gasteiger partial charge in [0.05, 0.1) is 6.61 Å². The van der Waals surface area contributed by atoms with Crippen molar-refractivity contribution in [3.63, 3.8) is 0 Å². The molecule has 8 nitrogen and oxygen atoms in total. The van der Waals surface area contributed by atoms with Gasteiger partial charge in [-0.1, -0.05) is 0 Å². The zero-order valence-electron chi connectivity index (χ0n) is 11.0. The second-order valence-electron chi connectivity index (χ2n) is 4.24. The Morgan fingerprint density at radius 3 is 2.61 bits per heavy atom. The Bertz CT molecular complexity index is 415. The molecule has 0 atom stereocenters. The van der Waals surface area contributed by atoms with Crippen LogP contribution in [-0.2, 0) is 20.9 Å². The van der Waals surface area contributed by atoms with Gasteiger partial charge in [-0.25, -0.2) is 9.48 Å². The monoisotopic (exact) mass is 255 g/mol. The third kappa shape index (κ3) is 3.02. The van der Waals surface area contributed by atoms with Gasteiger partial charge in [-0.2, -0.15) is 0 Å². The zero-order valence-corrected chi connectivity index (χ0v) is 11.0. The minimum absolute atomic E-state index is 0.0215. The lowest BCUT2D eigenvalue weighted by molar-refractivity contribution is -0.160. The molecule has 0 aliphatic heterocycles. The van der Waals surface area contributed by atoms with Crippen LogP contribution in [0.4, 0.5) is 0 Å². The van der Waals surface area contributed by atoms with Crippen molar-refractivity contribution in [3.8, 4) is 0 Å². The maximum Gasteiger partial charge on any atom is 0.331 e. The standard InChI is InChI=1S/C10H17N5O3/c1-5-18-9(17)10(2,3)14(4)8(16)6-15-7-11-12-13-15/h7H,5-6H2,1-4H3. The van der Waals surface area contributed by atoms with Crippen LogP contribution in [0.5, 0.6) is 0 Å². The molecule has 1 aromatic heterocycles. The quantitative estimate of drug-likeness (QED) is 0.657. The van der Waals surface area contributed by atoms with Gasteiger partial charge >= 0.3 is 5.97 Å². The normalized spacial score (nSPS) is 11.1. The van der Waals surface area contributed by atoms with Crippen molar-refractivity contribution in [2.45, 2.75) is 32.9 Å². The van der Waals surface area contributed by atoms with Gasteiger partial charge in [0.2, 0.25) is 5.91 Å². The van der Waals surface area contributed by atoms with Gasteiger partial charge in [-0.05, 0) is 31.2 Å². The van der Waals surface area contributed by atoms with Crippen LogP contribution in [0.3, 0.4) is 0 Å². The minimum Gasteiger partial charge on any atom is -0.464 e. The number of tetrazole rings is 1. The first-order chi connectivity index (χ1) is 8.39. The second-order valence-corrected chi connectivity index (χ2v) is 4.24. The van der Waals surface area contributed by atoms with E-state index in [1.807, 2.05) is 0 Å². The van der Waals surface area contributed by atoms with Crippen molar-refractivity contribution >= 4 is 11.9 Å². The fourth-order valence-electron chi connectivity index (χ4n) is 1.25. The van der Waals surface area contributed by atoms with Gasteiger partial charge in [0.15, 0.2) is 0 Å². The summed E-state index contributed by atoms with van der Waals surface area (Å²) < 4.78 is 6.22. The van der Waals surface area contributed by atoms with E-state index in [0.29, 0.717) is 0 Å². The van der Waals surface area contributed by atoms with E-state index in [9.17, 15) is 9.59 Å². The predicted molar refractivity (Wildman–Crippen MR) is 61.3 cm³/mol. The maximum absolute atomic E-state index is 12.0. The van der Waals surface area contributed by atoms with Crippen molar-refractivity contribution in [3.05, 3.63) is 6.33 Å². The van der Waals surface area contributed by atoms with E-state index < -0.39 is 11.5 Å². The van der Waals surface area contributed by atoms with Crippen LogP contribution < -0.4 is 0 Å². The topological polar surface area (TPSA) is 90.2 Å². The first-order valence-electron chi connectivity index (χ1n) is 5.54. The number of esters is 1. The highest BCUT2D eigenvalue weighted by molar-refractivity contribution is 5.87. The van der Waals surface area contributed by atoms with Crippen molar-refractivity contribution in [1.29, 1.82) is 0 Å². The molecule has 0 aromatic carbocycles. The highest BCUT2D eigenvalue weighted by atomic mass is 16.5. The molecule has 1 amide bonds. The maximum atomic E-state index is 12.0. The first kappa shape index (κ1) is 14.1. The molecule has 0 fully saturated rings. The highest BCUT2D eigenvalue weighted by Gasteiger charge is 2.36. The number of hydrogen-bond donors (Lipinski definition) is 0. The van der Waals surface area contributed by atoms with Gasteiger partial charge in [-0.15, -0.1) is 5.10 Å². The summed E-state index contributed by atoms with van der Waals surface area (Å²) >= 11 is 0. The molecule has 1 rings (SSSR count). The Kier molecular flexibility index (Phi) is 4.35. The number of aromatic nitrogens is 4. The summed E-state index contributed by atoms with van der Waals surface area (Å²) in [7, 11) is 1.55. The van der Waals surface area contributed by atoms with Crippen LogP contribution in [-0.4, -0.2) is 56.2 Å². The summed E-state index contributed by atoms with van der Waals surface area (Å²) in [6.07, 6.45) is 1.34. The fourth-order valence-corrected chi connectivity index (χ4v) is 1.25. The predicted octanol–water partition coefficient (Wildman–Crippen LogP) is -0.527. The minimum atomic E-state index is -1.03. The van der Waals surface area contributed by atoms with E-state index in [4.69, 9.17) is 4.74 Å². The van der Waals surface area contributed by atoms with E-state index in [0.717, 1.165) is 0 Å². The van der Waals surface area contributed by atoms with Gasteiger partial charge in [-0.3, -0.25) is 4.79 Å². The van der Waals surface area contributed by atoms with E-state index in [1.165, 1.54) is 15.9 Å². The average Bonchev–Trinajstić information content (AvgIpc) is 2.80. The average molecular weight is 255 g/mol. The Balaban J connectivity index is 2.70. The largest absolute Gasteiger partial charge is 0.464 e. The molecular formula is C10H17N5O3. The number of carbonyl (C=O) groups excluding carboxylic acids is 2. The van der Waals surface area contributed by atoms with Gasteiger partial charge < -0.3 is 9.64 Å². The van der Waals surface area contributed by atoms with Crippen molar-refractivity contribution < 1.29 is 14.3 Å². The molecule has 0 saturated carbocycles. The summed E-state index contributed by atoms with van der Waals surface area (Å²) in [5, 5.41) is 10.5. The summed E-state index contributed by atoms with van der Waals surface area (Å²) in [5.41, 5.74) is -1.03. The lowest BCUT2D eigenvalue weighted by atomic mass is 10.0. The molecule has 0 unspecified atom stereocenters. The van der Waals surface area contributed by atoms with Crippen LogP contribution in [0, 0.1) is 0 Å². The van der Waals surface area contributed by atoms with E-state index in [-0.39, 0.29) is 19.1 Å². The summed E-state index contributed by atoms with van der Waals surface area (Å²) in [4.78, 5) is 25.0. The van der Waals surface area contributed by atoms with Gasteiger partial charge in [0.25, 0.3) is 0 Å². The van der Waals surface area contributed by atoms with Gasteiger partial charge in [0.1, 0.15) is 18.4 Å². The number of ether oxygens (including phenoxy) is 1. The lowest BCUT2D eigenvalue weighted by Crippen LogP contribution is -2.52. The number of hydrogen-bond acceptors (Lipinski definition) is 6. The molecule has 18 heavy (non-hydrogen) atoms. The molecule has 0 N–H and O–H groups in total. The Morgan fingerprint density at radius 2 is 2.11 bits per heavy atom. The molecule has 0 radical (unpaired) electrons. The SMILES string of the molecule is CCOC(=O)C(C)(C)N(C)C(=O)Cn1cnnn1. The molecule has 0 aliphatic carbocycles. The summed E-state index contributed by atoms with van der Waals surface area (Å²) in [6, 6.07) is 0. The van der Waals surface area contributed by atoms with Crippen molar-refractivity contribution in [1.82, 2.24) is 25.1 Å². The molecule has 8 heteroatoms. The van der Waals surface area contributed by atoms with E-state index in [2.05, 4.69) is 15.5 Å². The van der Waals surface area contributed by atoms with Crippen LogP contribution in [0.25, 0.3) is 0 Å². The van der Waals surface area contributed by atoms with Crippen LogP contribution in [0.2, 0.25) is 0 Å². The highest BCUT2D eigenvalue weighted by Crippen LogP contribution is 2.15. The van der Waals surface area contributed by atoms with E-state index >= 15 is 0 Å². The van der Waals surface area contributed by atoms with Crippen LogP contribution >= 0.6 is 0 Å². The number of likely N-dealkylation sites (N-methyl/N-ethyl adjacent to an activating group) is 1. The molecular weight excluding hydrogens is 238 g/mol. The molecule has 1 heterocycles. The molecule has 0 spiro atoms. The molecule has 0 bridgehead atoms. The summed E-state index contributed by atoms with van der Waals surface area (Å²) in [5.74, 6) is -0.724. The lowest BCUT2D eigenvalue weighted by Gasteiger charge is -2.33. The molecule has 0 aliphatic rings. The number of rotatable bonds is 5. The molecule has 0 saturated heterocycles. The number of carbonyl (C=O) groups is 2. The Labute approximate surface area is 105 Å². The molecule has 100 valence electrons. The van der Waals surface area contributed by atoms with Gasteiger partial charge in [0, 0.05) is 7.05 Å². The first-order valence-corrected chi connectivity index (χ1v) is 5.54. The third-order valence-corrected chi connectivity index (χ3v) is 2.68. The zero-order chi connectivity index (χ0) is 13.8. The second kappa shape index (κ2) is 5.56. The number of amides is 1. The van der Waals surface area contributed by atoms with Crippen molar-refractivity contribution in [2.75, 3.05) is 13.7 Å². The Hall–Kier alpha value is -1.99. The smallest absolute Gasteiger partial charge is 0.331 e. The number of nitrogens with zero attached hydrogens (tertiary/aromatic N) is 5. The third-order valence-electron chi connectivity index (χ3n) is 2.68. The van der Waals surface area contributed by atoms with Crippen molar-refractivity contribution in [2.24, 2.45) is 0 Å². The summed E-state index contributed by atoms with van der Waals surface area (Å²) in [6.45, 7) is 5.23. The molecule has 1 aromatic rings. The van der Waals surface area contributed by atoms with E-state index in [1.54, 1.807) is 27.8 Å². The van der Waals surface area contributed by atoms with Crippen LogP contribution in [0.15, 0.2) is 6.33 Å². The van der Waals surface area contributed by atoms with Crippen LogP contribution in [0.1, 0.15) is 20.8 Å².